The summed E-state index contributed by atoms with van der Waals surface area (Å²) in [4.78, 5) is 28.5. The lowest BCUT2D eigenvalue weighted by Crippen LogP contribution is -2.69. The van der Waals surface area contributed by atoms with Crippen LogP contribution in [0.15, 0.2) is 11.4 Å². The van der Waals surface area contributed by atoms with Gasteiger partial charge < -0.3 is 10.2 Å². The maximum Gasteiger partial charge on any atom is 0.249 e. The van der Waals surface area contributed by atoms with E-state index in [4.69, 9.17) is 0 Å². The molecule has 1 aliphatic carbocycles. The molecule has 2 amide bonds. The van der Waals surface area contributed by atoms with Crippen LogP contribution >= 0.6 is 11.3 Å². The molecule has 2 heterocycles. The van der Waals surface area contributed by atoms with Crippen molar-refractivity contribution in [1.29, 1.82) is 0 Å². The van der Waals surface area contributed by atoms with Crippen LogP contribution in [0.25, 0.3) is 0 Å². The highest BCUT2D eigenvalue weighted by Crippen LogP contribution is 2.36. The monoisotopic (exact) mass is 306 g/mol. The molecular formula is C16H22N2O2S. The second kappa shape index (κ2) is 5.44. The van der Waals surface area contributed by atoms with Crippen LogP contribution in [0.5, 0.6) is 0 Å². The average molecular weight is 306 g/mol. The van der Waals surface area contributed by atoms with Gasteiger partial charge in [0, 0.05) is 4.88 Å². The first-order valence-electron chi connectivity index (χ1n) is 7.73. The molecule has 0 bridgehead atoms. The fourth-order valence-corrected chi connectivity index (χ4v) is 4.46. The molecular weight excluding hydrogens is 284 g/mol. The van der Waals surface area contributed by atoms with Crippen molar-refractivity contribution in [2.45, 2.75) is 64.1 Å². The van der Waals surface area contributed by atoms with E-state index in [2.05, 4.69) is 18.3 Å². The van der Waals surface area contributed by atoms with Gasteiger partial charge in [0.25, 0.3) is 0 Å². The Morgan fingerprint density at radius 2 is 2.10 bits per heavy atom. The van der Waals surface area contributed by atoms with Crippen LogP contribution in [0.3, 0.4) is 0 Å². The van der Waals surface area contributed by atoms with Gasteiger partial charge in [-0.2, -0.15) is 0 Å². The zero-order chi connectivity index (χ0) is 15.0. The number of carbonyl (C=O) groups excluding carboxylic acids is 2. The van der Waals surface area contributed by atoms with Crippen molar-refractivity contribution < 1.29 is 9.59 Å². The maximum atomic E-state index is 13.0. The summed E-state index contributed by atoms with van der Waals surface area (Å²) < 4.78 is 0. The molecule has 1 saturated carbocycles. The van der Waals surface area contributed by atoms with Crippen molar-refractivity contribution in [2.24, 2.45) is 0 Å². The first-order chi connectivity index (χ1) is 10.1. The largest absolute Gasteiger partial charge is 0.340 e. The summed E-state index contributed by atoms with van der Waals surface area (Å²) in [6.45, 7) is 4.60. The summed E-state index contributed by atoms with van der Waals surface area (Å²) in [6.07, 6.45) is 4.28. The fourth-order valence-electron chi connectivity index (χ4n) is 3.56. The van der Waals surface area contributed by atoms with Gasteiger partial charge in [0.15, 0.2) is 0 Å². The van der Waals surface area contributed by atoms with Gasteiger partial charge in [0.05, 0.1) is 6.54 Å². The Hall–Kier alpha value is -1.36. The molecule has 1 atom stereocenters. The Bertz CT molecular complexity index is 560. The van der Waals surface area contributed by atoms with Crippen molar-refractivity contribution >= 4 is 23.2 Å². The summed E-state index contributed by atoms with van der Waals surface area (Å²) in [5.41, 5.74) is 0.586. The first-order valence-corrected chi connectivity index (χ1v) is 8.61. The lowest BCUT2D eigenvalue weighted by Gasteiger charge is -2.44. The molecule has 1 unspecified atom stereocenters. The van der Waals surface area contributed by atoms with Crippen LogP contribution in [0.2, 0.25) is 0 Å². The van der Waals surface area contributed by atoms with Gasteiger partial charge in [-0.1, -0.05) is 19.8 Å². The Balaban J connectivity index is 1.91. The average Bonchev–Trinajstić information content (AvgIpc) is 3.07. The number of hydrogen-bond acceptors (Lipinski definition) is 3. The summed E-state index contributed by atoms with van der Waals surface area (Å²) in [6, 6.07) is 1.74. The smallest absolute Gasteiger partial charge is 0.249 e. The van der Waals surface area contributed by atoms with Crippen molar-refractivity contribution in [3.8, 4) is 0 Å². The van der Waals surface area contributed by atoms with Gasteiger partial charge in [-0.3, -0.25) is 9.59 Å². The van der Waals surface area contributed by atoms with E-state index in [9.17, 15) is 9.59 Å². The molecule has 21 heavy (non-hydrogen) atoms. The van der Waals surface area contributed by atoms with Gasteiger partial charge in [0.2, 0.25) is 11.8 Å². The van der Waals surface area contributed by atoms with Crippen LogP contribution < -0.4 is 5.32 Å². The summed E-state index contributed by atoms with van der Waals surface area (Å²) >= 11 is 1.66. The van der Waals surface area contributed by atoms with Crippen molar-refractivity contribution in [1.82, 2.24) is 10.2 Å². The highest BCUT2D eigenvalue weighted by Gasteiger charge is 2.51. The van der Waals surface area contributed by atoms with E-state index >= 15 is 0 Å². The minimum Gasteiger partial charge on any atom is -0.340 e. The molecule has 1 aliphatic heterocycles. The zero-order valence-corrected chi connectivity index (χ0v) is 13.5. The van der Waals surface area contributed by atoms with E-state index in [0.29, 0.717) is 13.0 Å². The number of piperazine rings is 1. The summed E-state index contributed by atoms with van der Waals surface area (Å²) in [5, 5.41) is 5.09. The van der Waals surface area contributed by atoms with Crippen LogP contribution in [0.1, 0.15) is 49.5 Å². The molecule has 0 aromatic carbocycles. The minimum atomic E-state index is -0.617. The molecule has 2 aliphatic rings. The second-order valence-corrected chi connectivity index (χ2v) is 7.16. The highest BCUT2D eigenvalue weighted by atomic mass is 32.1. The van der Waals surface area contributed by atoms with Crippen LogP contribution in [0, 0.1) is 6.92 Å². The first kappa shape index (κ1) is 14.6. The summed E-state index contributed by atoms with van der Waals surface area (Å²) in [7, 11) is 0. The Kier molecular flexibility index (Phi) is 3.78. The second-order valence-electron chi connectivity index (χ2n) is 6.16. The quantitative estimate of drug-likeness (QED) is 0.933. The van der Waals surface area contributed by atoms with Gasteiger partial charge in [-0.15, -0.1) is 11.3 Å². The number of nitrogens with zero attached hydrogens (tertiary/aromatic N) is 1. The number of amides is 2. The molecule has 1 N–H and O–H groups in total. The van der Waals surface area contributed by atoms with Gasteiger partial charge in [0.1, 0.15) is 11.6 Å². The van der Waals surface area contributed by atoms with E-state index in [0.717, 1.165) is 25.7 Å². The van der Waals surface area contributed by atoms with Crippen molar-refractivity contribution in [2.75, 3.05) is 0 Å². The molecule has 1 aromatic rings. The number of carbonyl (C=O) groups is 2. The van der Waals surface area contributed by atoms with Gasteiger partial charge in [-0.25, -0.2) is 0 Å². The third-order valence-electron chi connectivity index (χ3n) is 4.84. The molecule has 5 heteroatoms. The molecule has 3 rings (SSSR count). The maximum absolute atomic E-state index is 13.0. The lowest BCUT2D eigenvalue weighted by molar-refractivity contribution is -0.155. The Labute approximate surface area is 129 Å². The number of nitrogens with one attached hydrogen (secondary N) is 1. The molecule has 1 saturated heterocycles. The number of hydrogen-bond donors (Lipinski definition) is 1. The SMILES string of the molecule is CCC1C(=O)NC2(CCCC2)C(=O)N1Cc1sccc1C. The highest BCUT2D eigenvalue weighted by molar-refractivity contribution is 7.10. The van der Waals surface area contributed by atoms with E-state index in [1.165, 1.54) is 10.4 Å². The van der Waals surface area contributed by atoms with E-state index in [-0.39, 0.29) is 17.9 Å². The number of thiophene rings is 1. The van der Waals surface area contributed by atoms with Gasteiger partial charge >= 0.3 is 0 Å². The Morgan fingerprint density at radius 1 is 1.38 bits per heavy atom. The zero-order valence-electron chi connectivity index (χ0n) is 12.6. The Morgan fingerprint density at radius 3 is 2.67 bits per heavy atom. The summed E-state index contributed by atoms with van der Waals surface area (Å²) in [5.74, 6) is 0.146. The van der Waals surface area contributed by atoms with E-state index in [1.807, 2.05) is 17.2 Å². The van der Waals surface area contributed by atoms with E-state index in [1.54, 1.807) is 11.3 Å². The third-order valence-corrected chi connectivity index (χ3v) is 5.85. The topological polar surface area (TPSA) is 49.4 Å². The van der Waals surface area contributed by atoms with Crippen molar-refractivity contribution in [3.63, 3.8) is 0 Å². The number of rotatable bonds is 3. The van der Waals surface area contributed by atoms with Crippen LogP contribution in [-0.4, -0.2) is 28.3 Å². The van der Waals surface area contributed by atoms with Crippen molar-refractivity contribution in [3.05, 3.63) is 21.9 Å². The predicted octanol–water partition coefficient (Wildman–Crippen LogP) is 2.61. The lowest BCUT2D eigenvalue weighted by atomic mass is 9.90. The fraction of sp³-hybridized carbons (Fsp3) is 0.625. The molecule has 0 radical (unpaired) electrons. The molecule has 4 nitrogen and oxygen atoms in total. The molecule has 114 valence electrons. The molecule has 1 spiro atoms. The molecule has 1 aromatic heterocycles. The third kappa shape index (κ3) is 2.37. The normalized spacial score (nSPS) is 24.7. The van der Waals surface area contributed by atoms with Crippen LogP contribution in [-0.2, 0) is 16.1 Å². The van der Waals surface area contributed by atoms with Gasteiger partial charge in [-0.05, 0) is 43.2 Å². The minimum absolute atomic E-state index is 0.0215. The number of aryl methyl sites for hydroxylation is 1. The predicted molar refractivity (Wildman–Crippen MR) is 83.0 cm³/mol. The molecule has 2 fully saturated rings. The standard InChI is InChI=1S/C16H22N2O2S/c1-3-12-14(19)17-16(7-4-5-8-16)15(20)18(12)10-13-11(2)6-9-21-13/h6,9,12H,3-5,7-8,10H2,1-2H3,(H,17,19). The van der Waals surface area contributed by atoms with Crippen LogP contribution in [0.4, 0.5) is 0 Å². The van der Waals surface area contributed by atoms with E-state index < -0.39 is 5.54 Å².